The highest BCUT2D eigenvalue weighted by Gasteiger charge is 2.49. The van der Waals surface area contributed by atoms with Gasteiger partial charge in [-0.3, -0.25) is 15.1 Å². The van der Waals surface area contributed by atoms with E-state index in [2.05, 4.69) is 15.6 Å². The minimum atomic E-state index is -0.395. The number of rotatable bonds is 2. The van der Waals surface area contributed by atoms with Crippen LogP contribution in [-0.4, -0.2) is 60.0 Å². The van der Waals surface area contributed by atoms with E-state index in [4.69, 9.17) is 0 Å². The highest BCUT2D eigenvalue weighted by molar-refractivity contribution is 6.04. The van der Waals surface area contributed by atoms with Gasteiger partial charge >= 0.3 is 6.03 Å². The lowest BCUT2D eigenvalue weighted by Gasteiger charge is -2.34. The van der Waals surface area contributed by atoms with Crippen molar-refractivity contribution in [2.45, 2.75) is 26.1 Å². The number of fused-ring (bicyclic) bond motifs is 1. The molecule has 2 saturated heterocycles. The Hall–Kier alpha value is -1.79. The van der Waals surface area contributed by atoms with Crippen molar-refractivity contribution < 1.29 is 9.59 Å². The number of guanidine groups is 1. The zero-order valence-corrected chi connectivity index (χ0v) is 10.2. The maximum Gasteiger partial charge on any atom is 0.325 e. The quantitative estimate of drug-likeness (QED) is 0.659. The third-order valence-electron chi connectivity index (χ3n) is 3.07. The summed E-state index contributed by atoms with van der Waals surface area (Å²) < 4.78 is 0. The van der Waals surface area contributed by atoms with Crippen LogP contribution in [0.15, 0.2) is 4.99 Å². The number of carbonyl (C=O) groups excluding carboxylic acids is 2. The Kier molecular flexibility index (Phi) is 2.91. The molecule has 2 aliphatic rings. The summed E-state index contributed by atoms with van der Waals surface area (Å²) in [6.45, 7) is 5.19. The molecule has 2 heterocycles. The summed E-state index contributed by atoms with van der Waals surface area (Å²) in [5, 5.41) is 5.46. The van der Waals surface area contributed by atoms with Gasteiger partial charge in [-0.25, -0.2) is 4.79 Å². The summed E-state index contributed by atoms with van der Waals surface area (Å²) in [6, 6.07) is -0.773. The van der Waals surface area contributed by atoms with Gasteiger partial charge < -0.3 is 15.1 Å². The van der Waals surface area contributed by atoms with E-state index >= 15 is 0 Å². The Morgan fingerprint density at radius 2 is 2.06 bits per heavy atom. The van der Waals surface area contributed by atoms with Crippen LogP contribution in [-0.2, 0) is 4.79 Å². The van der Waals surface area contributed by atoms with Crippen LogP contribution in [0, 0.1) is 0 Å². The van der Waals surface area contributed by atoms with E-state index in [9.17, 15) is 9.59 Å². The number of nitrogens with zero attached hydrogens (tertiary/aromatic N) is 3. The first-order chi connectivity index (χ1) is 8.10. The lowest BCUT2D eigenvalue weighted by molar-refractivity contribution is -0.127. The minimum Gasteiger partial charge on any atom is -0.334 e. The Labute approximate surface area is 99.8 Å². The van der Waals surface area contributed by atoms with E-state index in [0.717, 1.165) is 0 Å². The fourth-order valence-corrected chi connectivity index (χ4v) is 2.22. The molecule has 7 heteroatoms. The van der Waals surface area contributed by atoms with Crippen LogP contribution < -0.4 is 10.6 Å². The van der Waals surface area contributed by atoms with Crippen LogP contribution >= 0.6 is 0 Å². The number of amides is 3. The van der Waals surface area contributed by atoms with Gasteiger partial charge in [-0.15, -0.1) is 0 Å². The van der Waals surface area contributed by atoms with Crippen molar-refractivity contribution in [2.75, 3.05) is 20.1 Å². The van der Waals surface area contributed by atoms with Gasteiger partial charge in [0.15, 0.2) is 12.0 Å². The molecule has 2 aliphatic heterocycles. The molecule has 17 heavy (non-hydrogen) atoms. The van der Waals surface area contributed by atoms with Crippen molar-refractivity contribution in [3.8, 4) is 0 Å². The molecule has 0 aliphatic carbocycles. The first kappa shape index (κ1) is 11.7. The van der Waals surface area contributed by atoms with Crippen molar-refractivity contribution in [1.29, 1.82) is 0 Å². The number of likely N-dealkylation sites (N-methyl/N-ethyl adjacent to an activating group) is 2. The van der Waals surface area contributed by atoms with Crippen LogP contribution in [0.2, 0.25) is 0 Å². The predicted molar refractivity (Wildman–Crippen MR) is 62.4 cm³/mol. The summed E-state index contributed by atoms with van der Waals surface area (Å²) in [4.78, 5) is 31.0. The van der Waals surface area contributed by atoms with E-state index in [1.807, 2.05) is 18.7 Å². The highest BCUT2D eigenvalue weighted by atomic mass is 16.2. The van der Waals surface area contributed by atoms with Crippen LogP contribution in [0.1, 0.15) is 13.8 Å². The number of hydrogen-bond acceptors (Lipinski definition) is 3. The number of nitrogens with one attached hydrogen (secondary N) is 2. The molecule has 0 aromatic heterocycles. The molecule has 0 aromatic carbocycles. The molecular weight excluding hydrogens is 222 g/mol. The van der Waals surface area contributed by atoms with E-state index in [1.165, 1.54) is 4.90 Å². The van der Waals surface area contributed by atoms with E-state index in [0.29, 0.717) is 19.0 Å². The second kappa shape index (κ2) is 4.23. The predicted octanol–water partition coefficient (Wildman–Crippen LogP) is -0.836. The third kappa shape index (κ3) is 1.71. The molecule has 2 fully saturated rings. The molecule has 2 rings (SSSR count). The van der Waals surface area contributed by atoms with Gasteiger partial charge in [0.05, 0.1) is 0 Å². The Morgan fingerprint density at radius 3 is 2.65 bits per heavy atom. The van der Waals surface area contributed by atoms with Gasteiger partial charge in [-0.1, -0.05) is 0 Å². The van der Waals surface area contributed by atoms with Crippen LogP contribution in [0.3, 0.4) is 0 Å². The van der Waals surface area contributed by atoms with Crippen LogP contribution in [0.25, 0.3) is 0 Å². The van der Waals surface area contributed by atoms with Gasteiger partial charge in [0.25, 0.3) is 5.91 Å². The molecule has 0 saturated carbocycles. The highest BCUT2D eigenvalue weighted by Crippen LogP contribution is 2.19. The minimum absolute atomic E-state index is 0.270. The standard InChI is InChI=1S/C10H17N5O2/c1-4-11-9-12-7-6(15(9)5-2)8(16)13-10(17)14(7)3/h6-7H,4-5H2,1-3H3,(H,11,12)(H,13,16,17). The van der Waals surface area contributed by atoms with Gasteiger partial charge in [0, 0.05) is 20.1 Å². The van der Waals surface area contributed by atoms with Crippen LogP contribution in [0.5, 0.6) is 0 Å². The largest absolute Gasteiger partial charge is 0.334 e. The van der Waals surface area contributed by atoms with Crippen molar-refractivity contribution in [3.63, 3.8) is 0 Å². The fourth-order valence-electron chi connectivity index (χ4n) is 2.22. The summed E-state index contributed by atoms with van der Waals surface area (Å²) >= 11 is 0. The molecule has 2 unspecified atom stereocenters. The van der Waals surface area contributed by atoms with Gasteiger partial charge in [0.2, 0.25) is 0 Å². The molecule has 0 aromatic rings. The topological polar surface area (TPSA) is 77.0 Å². The second-order valence-corrected chi connectivity index (χ2v) is 4.02. The molecule has 2 atom stereocenters. The Balaban J connectivity index is 2.32. The van der Waals surface area contributed by atoms with Crippen LogP contribution in [0.4, 0.5) is 4.79 Å². The van der Waals surface area contributed by atoms with Gasteiger partial charge in [-0.2, -0.15) is 0 Å². The van der Waals surface area contributed by atoms with Crippen molar-refractivity contribution in [1.82, 2.24) is 20.4 Å². The summed E-state index contributed by atoms with van der Waals surface area (Å²) in [5.74, 6) is 0.412. The molecule has 0 spiro atoms. The van der Waals surface area contributed by atoms with E-state index in [-0.39, 0.29) is 18.1 Å². The SMILES string of the molecule is CCN=C1NC2C(C(=O)NC(=O)N2C)N1CC. The summed E-state index contributed by atoms with van der Waals surface area (Å²) in [5.41, 5.74) is 0. The third-order valence-corrected chi connectivity index (χ3v) is 3.07. The molecular formula is C10H17N5O2. The molecule has 7 nitrogen and oxygen atoms in total. The zero-order valence-electron chi connectivity index (χ0n) is 10.2. The molecule has 0 bridgehead atoms. The summed E-state index contributed by atoms with van der Waals surface area (Å²) in [6.07, 6.45) is -0.332. The van der Waals surface area contributed by atoms with E-state index in [1.54, 1.807) is 7.05 Å². The lowest BCUT2D eigenvalue weighted by atomic mass is 10.1. The lowest BCUT2D eigenvalue weighted by Crippen LogP contribution is -2.64. The molecule has 2 N–H and O–H groups in total. The van der Waals surface area contributed by atoms with Crippen molar-refractivity contribution >= 4 is 17.9 Å². The number of hydrogen-bond donors (Lipinski definition) is 2. The first-order valence-electron chi connectivity index (χ1n) is 5.75. The molecule has 3 amide bonds. The average molecular weight is 239 g/mol. The smallest absolute Gasteiger partial charge is 0.325 e. The normalized spacial score (nSPS) is 30.4. The van der Waals surface area contributed by atoms with E-state index < -0.39 is 6.04 Å². The number of aliphatic imine (C=N–C) groups is 1. The first-order valence-corrected chi connectivity index (χ1v) is 5.75. The molecule has 94 valence electrons. The monoisotopic (exact) mass is 239 g/mol. The number of carbonyl (C=O) groups is 2. The fraction of sp³-hybridized carbons (Fsp3) is 0.700. The zero-order chi connectivity index (χ0) is 12.6. The summed E-state index contributed by atoms with van der Waals surface area (Å²) in [7, 11) is 1.66. The number of imide groups is 1. The molecule has 0 radical (unpaired) electrons. The Morgan fingerprint density at radius 1 is 1.35 bits per heavy atom. The van der Waals surface area contributed by atoms with Crippen molar-refractivity contribution in [2.24, 2.45) is 4.99 Å². The maximum absolute atomic E-state index is 11.9. The maximum atomic E-state index is 11.9. The Bertz CT molecular complexity index is 381. The van der Waals surface area contributed by atoms with Gasteiger partial charge in [-0.05, 0) is 13.8 Å². The van der Waals surface area contributed by atoms with Gasteiger partial charge in [0.1, 0.15) is 6.17 Å². The van der Waals surface area contributed by atoms with Crippen molar-refractivity contribution in [3.05, 3.63) is 0 Å². The number of urea groups is 1. The average Bonchev–Trinajstić information content (AvgIpc) is 2.65. The second-order valence-electron chi connectivity index (χ2n) is 4.02.